The first kappa shape index (κ1) is 33.5. The van der Waals surface area contributed by atoms with Gasteiger partial charge >= 0.3 is 0 Å². The molecule has 0 aromatic heterocycles. The quantitative estimate of drug-likeness (QED) is 0.0850. The van der Waals surface area contributed by atoms with Crippen LogP contribution < -0.4 is 5.73 Å². The number of nitrogens with two attached hydrogens (primary N) is 1. The number of nitrogens with zero attached hydrogens (tertiary/aromatic N) is 4. The molecule has 0 spiro atoms. The molecule has 4 aromatic carbocycles. The number of hydrogen-bond acceptors (Lipinski definition) is 14. The average Bonchev–Trinajstić information content (AvgIpc) is 2.89. The van der Waals surface area contributed by atoms with Crippen molar-refractivity contribution in [3.63, 3.8) is 0 Å². The van der Waals surface area contributed by atoms with Crippen molar-refractivity contribution in [3.8, 4) is 5.75 Å². The fraction of sp³-hybridized carbons (Fsp3) is 0.0435. The molecule has 0 amide bonds. The number of nitrogen functional groups attached to an aromatic ring is 1. The highest BCUT2D eigenvalue weighted by Gasteiger charge is 2.27. The van der Waals surface area contributed by atoms with Gasteiger partial charge in [-0.3, -0.25) is 18.2 Å². The minimum Gasteiger partial charge on any atom is -0.505 e. The number of phenolic OH excluding ortho intramolecular Hbond substituents is 1. The van der Waals surface area contributed by atoms with E-state index >= 15 is 0 Å². The van der Waals surface area contributed by atoms with E-state index in [1.165, 1.54) is 25.1 Å². The van der Waals surface area contributed by atoms with E-state index in [-0.39, 0.29) is 16.8 Å². The summed E-state index contributed by atoms with van der Waals surface area (Å²) in [5, 5.41) is 25.0. The van der Waals surface area contributed by atoms with Gasteiger partial charge in [-0.1, -0.05) is 0 Å². The Morgan fingerprint density at radius 1 is 0.600 bits per heavy atom. The van der Waals surface area contributed by atoms with Crippen molar-refractivity contribution in [3.05, 3.63) is 60.2 Å². The SMILES string of the molecule is Cc1cc(N=Nc2c(S(=O)(=O)O)cc3c(S(=O)(=O)O)c(N)ccc3c2O)ccc1N=Nc1cc(S(=O)(=O)O)ccc1S(=O)(=O)O. The van der Waals surface area contributed by atoms with E-state index in [9.17, 15) is 57.0 Å². The number of benzene rings is 4. The highest BCUT2D eigenvalue weighted by atomic mass is 32.2. The van der Waals surface area contributed by atoms with Gasteiger partial charge in [-0.05, 0) is 67.1 Å². The molecule has 0 radical (unpaired) electrons. The average molecular weight is 702 g/mol. The van der Waals surface area contributed by atoms with Crippen LogP contribution in [0, 0.1) is 6.92 Å². The molecule has 0 aliphatic heterocycles. The molecule has 18 nitrogen and oxygen atoms in total. The van der Waals surface area contributed by atoms with Crippen LogP contribution in [0.15, 0.2) is 94.6 Å². The second-order valence-corrected chi connectivity index (χ2v) is 14.6. The molecule has 0 unspecified atom stereocenters. The van der Waals surface area contributed by atoms with Gasteiger partial charge in [0.2, 0.25) is 0 Å². The molecular weight excluding hydrogens is 683 g/mol. The van der Waals surface area contributed by atoms with Gasteiger partial charge in [0.15, 0.2) is 5.75 Å². The molecule has 0 saturated carbocycles. The van der Waals surface area contributed by atoms with Crippen LogP contribution in [-0.4, -0.2) is 57.0 Å². The summed E-state index contributed by atoms with van der Waals surface area (Å²) in [7, 11) is -19.8. The van der Waals surface area contributed by atoms with Crippen LogP contribution in [0.1, 0.15) is 5.56 Å². The Kier molecular flexibility index (Phi) is 8.55. The zero-order valence-corrected chi connectivity index (χ0v) is 25.5. The number of phenols is 1. The summed E-state index contributed by atoms with van der Waals surface area (Å²) >= 11 is 0. The van der Waals surface area contributed by atoms with Crippen molar-refractivity contribution in [1.82, 2.24) is 0 Å². The van der Waals surface area contributed by atoms with Gasteiger partial charge in [0.05, 0.1) is 22.0 Å². The Balaban J connectivity index is 1.78. The van der Waals surface area contributed by atoms with E-state index in [2.05, 4.69) is 20.5 Å². The highest BCUT2D eigenvalue weighted by molar-refractivity contribution is 7.87. The summed E-state index contributed by atoms with van der Waals surface area (Å²) in [5.41, 5.74) is 4.09. The summed E-state index contributed by atoms with van der Waals surface area (Å²) in [5.74, 6) is -0.933. The molecule has 0 bridgehead atoms. The first-order valence-corrected chi connectivity index (χ1v) is 17.4. The molecule has 4 aromatic rings. The van der Waals surface area contributed by atoms with Gasteiger partial charge in [-0.25, -0.2) is 0 Å². The molecule has 4 rings (SSSR count). The molecule has 0 aliphatic rings. The van der Waals surface area contributed by atoms with E-state index in [4.69, 9.17) is 5.73 Å². The van der Waals surface area contributed by atoms with E-state index in [1.54, 1.807) is 0 Å². The summed E-state index contributed by atoms with van der Waals surface area (Å²) < 4.78 is 132. The van der Waals surface area contributed by atoms with Crippen LogP contribution in [0.4, 0.5) is 28.4 Å². The topological polar surface area (TPSA) is 313 Å². The van der Waals surface area contributed by atoms with Crippen LogP contribution in [0.5, 0.6) is 5.75 Å². The summed E-state index contributed by atoms with van der Waals surface area (Å²) in [4.78, 5) is -3.53. The first-order chi connectivity index (χ1) is 20.6. The number of aryl methyl sites for hydroxylation is 1. The molecule has 22 heteroatoms. The molecule has 238 valence electrons. The normalized spacial score (nSPS) is 13.3. The Bertz CT molecular complexity index is 2410. The van der Waals surface area contributed by atoms with Crippen LogP contribution in [0.2, 0.25) is 0 Å². The van der Waals surface area contributed by atoms with E-state index < -0.39 is 88.3 Å². The van der Waals surface area contributed by atoms with Gasteiger partial charge < -0.3 is 10.8 Å². The molecule has 0 saturated heterocycles. The van der Waals surface area contributed by atoms with Crippen LogP contribution in [-0.2, 0) is 40.5 Å². The Hall–Kier alpha value is -4.42. The fourth-order valence-electron chi connectivity index (χ4n) is 3.97. The first-order valence-electron chi connectivity index (χ1n) is 11.7. The van der Waals surface area contributed by atoms with Crippen molar-refractivity contribution < 1.29 is 57.0 Å². The zero-order valence-electron chi connectivity index (χ0n) is 22.2. The predicted octanol–water partition coefficient (Wildman–Crippen LogP) is 4.25. The Morgan fingerprint density at radius 3 is 1.78 bits per heavy atom. The van der Waals surface area contributed by atoms with E-state index in [0.717, 1.165) is 18.2 Å². The molecule has 45 heavy (non-hydrogen) atoms. The molecular formula is C23H19N5O13S4. The third-order valence-corrected chi connectivity index (χ3v) is 9.56. The number of azo groups is 2. The summed E-state index contributed by atoms with van der Waals surface area (Å²) in [6.07, 6.45) is 0. The minimum absolute atomic E-state index is 0.00941. The monoisotopic (exact) mass is 701 g/mol. The number of fused-ring (bicyclic) bond motifs is 1. The van der Waals surface area contributed by atoms with Crippen LogP contribution >= 0.6 is 0 Å². The Morgan fingerprint density at radius 2 is 1.22 bits per heavy atom. The largest absolute Gasteiger partial charge is 0.505 e. The Labute approximate surface area is 254 Å². The van der Waals surface area contributed by atoms with Gasteiger partial charge in [0, 0.05) is 10.8 Å². The standard InChI is InChI=1S/C23H19N5O13S4/c1-11-8-12(2-6-17(11)26-27-18-9-13(42(30,31)32)3-7-19(18)43(33,34)35)25-28-21-20(44(36,37)38)10-15-14(22(21)29)4-5-16(24)23(15)45(39,40)41/h2-10,29H,24H2,1H3,(H,30,31,32)(H,33,34,35)(H,36,37,38)(H,39,40,41). The smallest absolute Gasteiger partial charge is 0.297 e. The number of rotatable bonds is 8. The third kappa shape index (κ3) is 7.12. The lowest BCUT2D eigenvalue weighted by Crippen LogP contribution is -2.06. The molecule has 0 heterocycles. The highest BCUT2D eigenvalue weighted by Crippen LogP contribution is 2.44. The van der Waals surface area contributed by atoms with Gasteiger partial charge in [-0.2, -0.15) is 43.9 Å². The van der Waals surface area contributed by atoms with Crippen molar-refractivity contribution in [1.29, 1.82) is 0 Å². The molecule has 0 atom stereocenters. The zero-order chi connectivity index (χ0) is 33.7. The fourth-order valence-corrected chi connectivity index (χ4v) is 6.54. The third-order valence-electron chi connectivity index (χ3n) is 5.97. The predicted molar refractivity (Wildman–Crippen MR) is 155 cm³/mol. The lowest BCUT2D eigenvalue weighted by molar-refractivity contribution is 0.471. The molecule has 7 N–H and O–H groups in total. The van der Waals surface area contributed by atoms with Gasteiger partial charge in [0.1, 0.15) is 26.1 Å². The van der Waals surface area contributed by atoms with Crippen LogP contribution in [0.3, 0.4) is 0 Å². The second kappa shape index (κ2) is 11.5. The van der Waals surface area contributed by atoms with Crippen molar-refractivity contribution >= 4 is 79.7 Å². The van der Waals surface area contributed by atoms with Crippen LogP contribution in [0.25, 0.3) is 10.8 Å². The van der Waals surface area contributed by atoms with Crippen molar-refractivity contribution in [2.24, 2.45) is 20.5 Å². The maximum absolute atomic E-state index is 12.1. The second-order valence-electron chi connectivity index (χ2n) is 9.05. The molecule has 0 fully saturated rings. The van der Waals surface area contributed by atoms with Gasteiger partial charge in [-0.15, -0.1) is 10.2 Å². The molecule has 0 aliphatic carbocycles. The lowest BCUT2D eigenvalue weighted by Gasteiger charge is -2.12. The van der Waals surface area contributed by atoms with Crippen molar-refractivity contribution in [2.75, 3.05) is 5.73 Å². The number of hydrogen-bond donors (Lipinski definition) is 6. The summed E-state index contributed by atoms with van der Waals surface area (Å²) in [6.45, 7) is 1.48. The van der Waals surface area contributed by atoms with Crippen molar-refractivity contribution in [2.45, 2.75) is 26.5 Å². The lowest BCUT2D eigenvalue weighted by atomic mass is 10.1. The van der Waals surface area contributed by atoms with Gasteiger partial charge in [0.25, 0.3) is 40.5 Å². The summed E-state index contributed by atoms with van der Waals surface area (Å²) in [6, 6.07) is 8.71. The maximum Gasteiger partial charge on any atom is 0.297 e. The maximum atomic E-state index is 12.1. The van der Waals surface area contributed by atoms with E-state index in [1.807, 2.05) is 0 Å². The number of aromatic hydroxyl groups is 1. The minimum atomic E-state index is -5.17. The van der Waals surface area contributed by atoms with E-state index in [0.29, 0.717) is 23.8 Å². The number of anilines is 1.